The van der Waals surface area contributed by atoms with Crippen molar-refractivity contribution in [3.05, 3.63) is 0 Å². The molecule has 0 aromatic heterocycles. The van der Waals surface area contributed by atoms with Crippen molar-refractivity contribution in [2.45, 2.75) is 51.0 Å². The Morgan fingerprint density at radius 3 is 2.71 bits per heavy atom. The molecule has 2 unspecified atom stereocenters. The lowest BCUT2D eigenvalue weighted by atomic mass is 9.88. The van der Waals surface area contributed by atoms with Crippen LogP contribution in [-0.2, 0) is 0 Å². The molecule has 0 aromatic rings. The molecule has 3 heteroatoms. The van der Waals surface area contributed by atoms with E-state index in [0.717, 1.165) is 12.5 Å². The highest BCUT2D eigenvalue weighted by molar-refractivity contribution is 7.98. The fourth-order valence-corrected chi connectivity index (χ4v) is 3.53. The zero-order chi connectivity index (χ0) is 12.7. The normalized spacial score (nSPS) is 30.5. The van der Waals surface area contributed by atoms with Gasteiger partial charge in [0.15, 0.2) is 0 Å². The Bertz CT molecular complexity index is 210. The molecule has 1 fully saturated rings. The fraction of sp³-hybridized carbons (Fsp3) is 1.00. The zero-order valence-corrected chi connectivity index (χ0v) is 12.7. The van der Waals surface area contributed by atoms with Crippen molar-refractivity contribution in [1.82, 2.24) is 4.90 Å². The Morgan fingerprint density at radius 1 is 1.35 bits per heavy atom. The van der Waals surface area contributed by atoms with E-state index >= 15 is 0 Å². The summed E-state index contributed by atoms with van der Waals surface area (Å²) in [6.45, 7) is 4.33. The molecular formula is C14H30N2S. The van der Waals surface area contributed by atoms with Crippen molar-refractivity contribution < 1.29 is 0 Å². The predicted octanol–water partition coefficient (Wildman–Crippen LogP) is 2.97. The van der Waals surface area contributed by atoms with E-state index < -0.39 is 0 Å². The first-order valence-electron chi connectivity index (χ1n) is 7.08. The van der Waals surface area contributed by atoms with Gasteiger partial charge in [-0.1, -0.05) is 26.2 Å². The maximum Gasteiger partial charge on any atom is 0.0329 e. The second-order valence-electron chi connectivity index (χ2n) is 5.55. The van der Waals surface area contributed by atoms with Crippen LogP contribution in [0.4, 0.5) is 0 Å². The van der Waals surface area contributed by atoms with E-state index in [1.807, 2.05) is 11.8 Å². The van der Waals surface area contributed by atoms with Crippen LogP contribution >= 0.6 is 11.8 Å². The molecular weight excluding hydrogens is 228 g/mol. The molecule has 1 aliphatic rings. The molecule has 1 rings (SSSR count). The van der Waals surface area contributed by atoms with Crippen molar-refractivity contribution in [2.24, 2.45) is 11.7 Å². The first kappa shape index (κ1) is 15.3. The van der Waals surface area contributed by atoms with Crippen molar-refractivity contribution in [2.75, 3.05) is 32.1 Å². The molecule has 0 saturated heterocycles. The molecule has 17 heavy (non-hydrogen) atoms. The van der Waals surface area contributed by atoms with Crippen molar-refractivity contribution in [3.8, 4) is 0 Å². The predicted molar refractivity (Wildman–Crippen MR) is 79.7 cm³/mol. The molecule has 0 aromatic carbocycles. The summed E-state index contributed by atoms with van der Waals surface area (Å²) in [7, 11) is 2.27. The molecule has 102 valence electrons. The Labute approximate surface area is 112 Å². The highest BCUT2D eigenvalue weighted by Crippen LogP contribution is 2.34. The Balaban J connectivity index is 2.60. The molecule has 0 amide bonds. The van der Waals surface area contributed by atoms with Gasteiger partial charge in [-0.25, -0.2) is 0 Å². The van der Waals surface area contributed by atoms with E-state index in [-0.39, 0.29) is 0 Å². The Kier molecular flexibility index (Phi) is 6.90. The van der Waals surface area contributed by atoms with Gasteiger partial charge in [-0.3, -0.25) is 4.90 Å². The smallest absolute Gasteiger partial charge is 0.0329 e. The van der Waals surface area contributed by atoms with Crippen molar-refractivity contribution in [1.29, 1.82) is 0 Å². The van der Waals surface area contributed by atoms with Crippen LogP contribution in [0.3, 0.4) is 0 Å². The van der Waals surface area contributed by atoms with Crippen LogP contribution in [0.1, 0.15) is 45.4 Å². The number of nitrogens with zero attached hydrogens (tertiary/aromatic N) is 1. The standard InChI is InChI=1S/C14H30N2S/c1-4-13-6-5-8-14(12-15,9-7-13)16(2)10-11-17-3/h13H,4-12,15H2,1-3H3. The lowest BCUT2D eigenvalue weighted by Gasteiger charge is -2.41. The quantitative estimate of drug-likeness (QED) is 0.743. The number of hydrogen-bond acceptors (Lipinski definition) is 3. The monoisotopic (exact) mass is 258 g/mol. The third-order valence-corrected chi connectivity index (χ3v) is 5.26. The summed E-state index contributed by atoms with van der Waals surface area (Å²) >= 11 is 1.93. The summed E-state index contributed by atoms with van der Waals surface area (Å²) in [5, 5.41) is 0. The highest BCUT2D eigenvalue weighted by atomic mass is 32.2. The van der Waals surface area contributed by atoms with Crippen LogP contribution in [0.15, 0.2) is 0 Å². The zero-order valence-electron chi connectivity index (χ0n) is 11.9. The van der Waals surface area contributed by atoms with E-state index in [9.17, 15) is 0 Å². The average molecular weight is 258 g/mol. The third-order valence-electron chi connectivity index (χ3n) is 4.67. The van der Waals surface area contributed by atoms with E-state index in [1.54, 1.807) is 0 Å². The minimum absolute atomic E-state index is 0.291. The number of rotatable bonds is 6. The Morgan fingerprint density at radius 2 is 2.12 bits per heavy atom. The van der Waals surface area contributed by atoms with E-state index in [4.69, 9.17) is 5.73 Å². The number of nitrogens with two attached hydrogens (primary N) is 1. The fourth-order valence-electron chi connectivity index (χ4n) is 3.08. The molecule has 0 spiro atoms. The maximum atomic E-state index is 6.12. The average Bonchev–Trinajstić information content (AvgIpc) is 2.58. The maximum absolute atomic E-state index is 6.12. The molecule has 1 aliphatic carbocycles. The second kappa shape index (κ2) is 7.65. The van der Waals surface area contributed by atoms with E-state index in [2.05, 4.69) is 25.1 Å². The first-order chi connectivity index (χ1) is 8.18. The summed E-state index contributed by atoms with van der Waals surface area (Å²) in [6, 6.07) is 0. The topological polar surface area (TPSA) is 29.3 Å². The summed E-state index contributed by atoms with van der Waals surface area (Å²) in [5.74, 6) is 2.16. The van der Waals surface area contributed by atoms with Crippen LogP contribution in [0.25, 0.3) is 0 Å². The summed E-state index contributed by atoms with van der Waals surface area (Å²) in [5.41, 5.74) is 6.41. The van der Waals surface area contributed by atoms with Crippen molar-refractivity contribution in [3.63, 3.8) is 0 Å². The number of hydrogen-bond donors (Lipinski definition) is 1. The minimum Gasteiger partial charge on any atom is -0.329 e. The molecule has 0 bridgehead atoms. The third kappa shape index (κ3) is 4.15. The lowest BCUT2D eigenvalue weighted by molar-refractivity contribution is 0.113. The van der Waals surface area contributed by atoms with Crippen LogP contribution in [0.2, 0.25) is 0 Å². The molecule has 0 aliphatic heterocycles. The molecule has 0 heterocycles. The van der Waals surface area contributed by atoms with Gasteiger partial charge in [0.25, 0.3) is 0 Å². The van der Waals surface area contributed by atoms with Gasteiger partial charge in [0, 0.05) is 24.4 Å². The number of likely N-dealkylation sites (N-methyl/N-ethyl adjacent to an activating group) is 1. The van der Waals surface area contributed by atoms with Gasteiger partial charge in [-0.2, -0.15) is 11.8 Å². The number of thioether (sulfide) groups is 1. The lowest BCUT2D eigenvalue weighted by Crippen LogP contribution is -2.52. The molecule has 2 atom stereocenters. The van der Waals surface area contributed by atoms with Gasteiger partial charge in [0.05, 0.1) is 0 Å². The van der Waals surface area contributed by atoms with Gasteiger partial charge < -0.3 is 5.73 Å². The molecule has 0 radical (unpaired) electrons. The van der Waals surface area contributed by atoms with Crippen LogP contribution in [0.5, 0.6) is 0 Å². The summed E-state index contributed by atoms with van der Waals surface area (Å²) in [4.78, 5) is 2.54. The highest BCUT2D eigenvalue weighted by Gasteiger charge is 2.34. The van der Waals surface area contributed by atoms with Gasteiger partial charge >= 0.3 is 0 Å². The Hall–Kier alpha value is 0.270. The van der Waals surface area contributed by atoms with Crippen LogP contribution < -0.4 is 5.73 Å². The molecule has 1 saturated carbocycles. The van der Waals surface area contributed by atoms with Crippen molar-refractivity contribution >= 4 is 11.8 Å². The van der Waals surface area contributed by atoms with E-state index in [0.29, 0.717) is 5.54 Å². The minimum atomic E-state index is 0.291. The SMILES string of the molecule is CCC1CCCC(CN)(N(C)CCSC)CC1. The van der Waals surface area contributed by atoms with Gasteiger partial charge in [0.1, 0.15) is 0 Å². The van der Waals surface area contributed by atoms with E-state index in [1.165, 1.54) is 50.8 Å². The summed E-state index contributed by atoms with van der Waals surface area (Å²) in [6.07, 6.45) is 10.3. The van der Waals surface area contributed by atoms with Gasteiger partial charge in [-0.05, 0) is 38.5 Å². The second-order valence-corrected chi connectivity index (χ2v) is 6.53. The first-order valence-corrected chi connectivity index (χ1v) is 8.48. The largest absolute Gasteiger partial charge is 0.329 e. The van der Waals surface area contributed by atoms with Crippen LogP contribution in [-0.4, -0.2) is 42.6 Å². The molecule has 2 nitrogen and oxygen atoms in total. The van der Waals surface area contributed by atoms with Gasteiger partial charge in [-0.15, -0.1) is 0 Å². The summed E-state index contributed by atoms with van der Waals surface area (Å²) < 4.78 is 0. The van der Waals surface area contributed by atoms with Gasteiger partial charge in [0.2, 0.25) is 0 Å². The van der Waals surface area contributed by atoms with Crippen LogP contribution in [0, 0.1) is 5.92 Å². The molecule has 2 N–H and O–H groups in total.